The van der Waals surface area contributed by atoms with Crippen molar-refractivity contribution in [3.63, 3.8) is 0 Å². The number of anilines is 1. The van der Waals surface area contributed by atoms with Gasteiger partial charge in [0.25, 0.3) is 0 Å². The number of hydrogen-bond donors (Lipinski definition) is 2. The molecule has 2 aromatic carbocycles. The number of aromatic carboxylic acids is 1. The van der Waals surface area contributed by atoms with Gasteiger partial charge in [-0.1, -0.05) is 6.07 Å². The second kappa shape index (κ2) is 7.35. The molecule has 3 rings (SSSR count). The summed E-state index contributed by atoms with van der Waals surface area (Å²) in [4.78, 5) is 25.3. The number of fused-ring (bicyclic) bond motifs is 1. The van der Waals surface area contributed by atoms with Crippen molar-refractivity contribution < 1.29 is 24.2 Å². The number of carbonyl (C=O) groups is 2. The Balaban J connectivity index is 1.75. The Morgan fingerprint density at radius 2 is 1.77 bits per heavy atom. The van der Waals surface area contributed by atoms with Gasteiger partial charge >= 0.3 is 12.0 Å². The highest BCUT2D eigenvalue weighted by Crippen LogP contribution is 2.33. The van der Waals surface area contributed by atoms with Crippen molar-refractivity contribution in [2.24, 2.45) is 0 Å². The van der Waals surface area contributed by atoms with E-state index >= 15 is 0 Å². The van der Waals surface area contributed by atoms with Crippen molar-refractivity contribution >= 4 is 17.7 Å². The lowest BCUT2D eigenvalue weighted by Crippen LogP contribution is -2.38. The monoisotopic (exact) mass is 356 g/mol. The van der Waals surface area contributed by atoms with Crippen LogP contribution in [-0.2, 0) is 13.0 Å². The minimum Gasteiger partial charge on any atom is -0.493 e. The highest BCUT2D eigenvalue weighted by Gasteiger charge is 2.23. The van der Waals surface area contributed by atoms with Gasteiger partial charge < -0.3 is 24.8 Å². The van der Waals surface area contributed by atoms with Crippen LogP contribution in [0.4, 0.5) is 10.5 Å². The highest BCUT2D eigenvalue weighted by molar-refractivity contribution is 5.93. The van der Waals surface area contributed by atoms with Gasteiger partial charge in [-0.25, -0.2) is 9.59 Å². The van der Waals surface area contributed by atoms with E-state index in [9.17, 15) is 9.59 Å². The van der Waals surface area contributed by atoms with E-state index in [1.165, 1.54) is 12.1 Å². The van der Waals surface area contributed by atoms with E-state index in [2.05, 4.69) is 5.32 Å². The summed E-state index contributed by atoms with van der Waals surface area (Å²) in [5, 5.41) is 11.8. The lowest BCUT2D eigenvalue weighted by molar-refractivity contribution is 0.0697. The number of nitrogens with one attached hydrogen (secondary N) is 1. The number of methoxy groups -OCH3 is 2. The summed E-state index contributed by atoms with van der Waals surface area (Å²) < 4.78 is 10.6. The second-order valence-electron chi connectivity index (χ2n) is 5.96. The molecule has 2 aromatic rings. The van der Waals surface area contributed by atoms with E-state index in [-0.39, 0.29) is 11.6 Å². The molecule has 1 aliphatic rings. The summed E-state index contributed by atoms with van der Waals surface area (Å²) in [5.41, 5.74) is 2.71. The molecular formula is C19H20N2O5. The standard InChI is InChI=1S/C19H20N2O5/c1-25-16-9-12-6-7-21(11-14(12)10-17(16)26-2)19(24)20-15-5-3-4-13(8-15)18(22)23/h3-5,8-10H,6-7,11H2,1-2H3,(H,20,24)(H,22,23). The zero-order chi connectivity index (χ0) is 18.7. The zero-order valence-corrected chi connectivity index (χ0v) is 14.6. The van der Waals surface area contributed by atoms with Gasteiger partial charge in [0.15, 0.2) is 11.5 Å². The van der Waals surface area contributed by atoms with Crippen LogP contribution in [0.15, 0.2) is 36.4 Å². The van der Waals surface area contributed by atoms with Crippen LogP contribution in [-0.4, -0.2) is 42.8 Å². The smallest absolute Gasteiger partial charge is 0.335 e. The molecule has 0 bridgehead atoms. The first-order chi connectivity index (χ1) is 12.5. The van der Waals surface area contributed by atoms with E-state index in [0.717, 1.165) is 11.1 Å². The van der Waals surface area contributed by atoms with Crippen LogP contribution in [0, 0.1) is 0 Å². The van der Waals surface area contributed by atoms with Gasteiger partial charge in [0.1, 0.15) is 0 Å². The highest BCUT2D eigenvalue weighted by atomic mass is 16.5. The zero-order valence-electron chi connectivity index (χ0n) is 14.6. The largest absolute Gasteiger partial charge is 0.493 e. The molecule has 1 heterocycles. The van der Waals surface area contributed by atoms with Crippen molar-refractivity contribution in [2.45, 2.75) is 13.0 Å². The average molecular weight is 356 g/mol. The Morgan fingerprint density at radius 3 is 2.42 bits per heavy atom. The summed E-state index contributed by atoms with van der Waals surface area (Å²) in [6.07, 6.45) is 0.707. The molecule has 0 unspecified atom stereocenters. The van der Waals surface area contributed by atoms with E-state index in [1.807, 2.05) is 12.1 Å². The Labute approximate surface area is 151 Å². The third-order valence-electron chi connectivity index (χ3n) is 4.37. The van der Waals surface area contributed by atoms with E-state index < -0.39 is 5.97 Å². The van der Waals surface area contributed by atoms with Crippen molar-refractivity contribution in [3.05, 3.63) is 53.1 Å². The number of rotatable bonds is 4. The molecule has 26 heavy (non-hydrogen) atoms. The number of carboxylic acids is 1. The average Bonchev–Trinajstić information content (AvgIpc) is 2.66. The molecule has 0 fully saturated rings. The van der Waals surface area contributed by atoms with Gasteiger partial charge in [-0.05, 0) is 47.9 Å². The molecule has 0 aromatic heterocycles. The van der Waals surface area contributed by atoms with E-state index in [0.29, 0.717) is 36.7 Å². The topological polar surface area (TPSA) is 88.1 Å². The van der Waals surface area contributed by atoms with Gasteiger partial charge in [-0.2, -0.15) is 0 Å². The molecule has 7 nitrogen and oxygen atoms in total. The number of hydrogen-bond acceptors (Lipinski definition) is 4. The number of benzene rings is 2. The Hall–Kier alpha value is -3.22. The van der Waals surface area contributed by atoms with Gasteiger partial charge in [0, 0.05) is 18.8 Å². The van der Waals surface area contributed by atoms with Crippen LogP contribution in [0.3, 0.4) is 0 Å². The van der Waals surface area contributed by atoms with Crippen LogP contribution in [0.2, 0.25) is 0 Å². The summed E-state index contributed by atoms with van der Waals surface area (Å²) in [7, 11) is 3.17. The molecule has 2 N–H and O–H groups in total. The molecule has 7 heteroatoms. The lowest BCUT2D eigenvalue weighted by atomic mass is 9.99. The van der Waals surface area contributed by atoms with Crippen LogP contribution >= 0.6 is 0 Å². The first-order valence-corrected chi connectivity index (χ1v) is 8.15. The number of carboxylic acid groups (broad SMARTS) is 1. The predicted molar refractivity (Wildman–Crippen MR) is 96.1 cm³/mol. The maximum Gasteiger partial charge on any atom is 0.335 e. The Kier molecular flexibility index (Phi) is 4.97. The Bertz CT molecular complexity index is 850. The first-order valence-electron chi connectivity index (χ1n) is 8.15. The van der Waals surface area contributed by atoms with Gasteiger partial charge in [-0.15, -0.1) is 0 Å². The lowest BCUT2D eigenvalue weighted by Gasteiger charge is -2.29. The number of carbonyl (C=O) groups excluding carboxylic acids is 1. The van der Waals surface area contributed by atoms with Crippen molar-refractivity contribution in [2.75, 3.05) is 26.1 Å². The molecule has 0 radical (unpaired) electrons. The van der Waals surface area contributed by atoms with Crippen LogP contribution in [0.25, 0.3) is 0 Å². The molecule has 1 aliphatic heterocycles. The number of ether oxygens (including phenoxy) is 2. The van der Waals surface area contributed by atoms with E-state index in [1.54, 1.807) is 31.3 Å². The Morgan fingerprint density at radius 1 is 1.08 bits per heavy atom. The molecule has 0 spiro atoms. The molecule has 0 aliphatic carbocycles. The van der Waals surface area contributed by atoms with Crippen LogP contribution in [0.1, 0.15) is 21.5 Å². The molecule has 0 saturated carbocycles. The van der Waals surface area contributed by atoms with Gasteiger partial charge in [0.05, 0.1) is 19.8 Å². The van der Waals surface area contributed by atoms with Crippen molar-refractivity contribution in [1.82, 2.24) is 4.90 Å². The fraction of sp³-hybridized carbons (Fsp3) is 0.263. The van der Waals surface area contributed by atoms with Gasteiger partial charge in [0.2, 0.25) is 0 Å². The minimum atomic E-state index is -1.03. The fourth-order valence-corrected chi connectivity index (χ4v) is 2.99. The van der Waals surface area contributed by atoms with E-state index in [4.69, 9.17) is 14.6 Å². The fourth-order valence-electron chi connectivity index (χ4n) is 2.99. The van der Waals surface area contributed by atoms with Crippen molar-refractivity contribution in [1.29, 1.82) is 0 Å². The summed E-state index contributed by atoms with van der Waals surface area (Å²) in [6, 6.07) is 9.74. The summed E-state index contributed by atoms with van der Waals surface area (Å²) in [5.74, 6) is 0.270. The normalized spacial score (nSPS) is 12.9. The van der Waals surface area contributed by atoms with Crippen LogP contribution < -0.4 is 14.8 Å². The van der Waals surface area contributed by atoms with Crippen molar-refractivity contribution in [3.8, 4) is 11.5 Å². The first kappa shape index (κ1) is 17.6. The molecule has 136 valence electrons. The number of nitrogens with zero attached hydrogens (tertiary/aromatic N) is 1. The third kappa shape index (κ3) is 3.56. The number of urea groups is 1. The maximum atomic E-state index is 12.5. The predicted octanol–water partition coefficient (Wildman–Crippen LogP) is 2.99. The third-order valence-corrected chi connectivity index (χ3v) is 4.37. The molecule has 0 saturated heterocycles. The molecular weight excluding hydrogens is 336 g/mol. The second-order valence-corrected chi connectivity index (χ2v) is 5.96. The summed E-state index contributed by atoms with van der Waals surface area (Å²) >= 11 is 0. The molecule has 2 amide bonds. The van der Waals surface area contributed by atoms with Crippen LogP contribution in [0.5, 0.6) is 11.5 Å². The minimum absolute atomic E-state index is 0.128. The van der Waals surface area contributed by atoms with Gasteiger partial charge in [-0.3, -0.25) is 0 Å². The maximum absolute atomic E-state index is 12.5. The summed E-state index contributed by atoms with van der Waals surface area (Å²) in [6.45, 7) is 1.01. The number of amides is 2. The SMILES string of the molecule is COc1cc2c(cc1OC)CN(C(=O)Nc1cccc(C(=O)O)c1)CC2. The quantitative estimate of drug-likeness (QED) is 0.879. The molecule has 0 atom stereocenters.